The maximum Gasteiger partial charge on any atom is 0.279 e. The Kier molecular flexibility index (Phi) is 4.70. The third kappa shape index (κ3) is 3.14. The van der Waals surface area contributed by atoms with E-state index in [0.29, 0.717) is 12.8 Å². The van der Waals surface area contributed by atoms with E-state index in [1.54, 1.807) is 6.07 Å². The first-order chi connectivity index (χ1) is 12.5. The molecule has 0 spiro atoms. The molecule has 0 atom stereocenters. The number of likely N-dealkylation sites (N-methyl/N-ethyl adjacent to an activating group) is 1. The summed E-state index contributed by atoms with van der Waals surface area (Å²) >= 11 is 0. The number of carbonyl (C=O) groups excluding carboxylic acids is 3. The number of hydrogen-bond donors (Lipinski definition) is 3. The minimum atomic E-state index is -0.526. The highest BCUT2D eigenvalue weighted by molar-refractivity contribution is 6.20. The summed E-state index contributed by atoms with van der Waals surface area (Å²) in [5.41, 5.74) is 1.32. The Balaban J connectivity index is 1.91. The number of imide groups is 1. The second kappa shape index (κ2) is 7.10. The van der Waals surface area contributed by atoms with Crippen molar-refractivity contribution < 1.29 is 19.5 Å². The topological polar surface area (TPSA) is 98.7 Å². The van der Waals surface area contributed by atoms with Gasteiger partial charge >= 0.3 is 0 Å². The van der Waals surface area contributed by atoms with Crippen molar-refractivity contribution in [2.45, 2.75) is 6.54 Å². The van der Waals surface area contributed by atoms with Crippen LogP contribution in [0.25, 0.3) is 0 Å². The lowest BCUT2D eigenvalue weighted by Gasteiger charge is -2.11. The number of hydrogen-bond acceptors (Lipinski definition) is 6. The number of carbonyl (C=O) groups is 3. The summed E-state index contributed by atoms with van der Waals surface area (Å²) in [6.07, 6.45) is 0.511. The average molecular weight is 351 g/mol. The third-order valence-corrected chi connectivity index (χ3v) is 4.05. The molecule has 0 fully saturated rings. The summed E-state index contributed by atoms with van der Waals surface area (Å²) in [6.45, 7) is 0.356. The molecule has 1 aliphatic rings. The normalized spacial score (nSPS) is 14.0. The minimum absolute atomic E-state index is 0.0202. The van der Waals surface area contributed by atoms with Crippen LogP contribution in [0.2, 0.25) is 0 Å². The molecule has 0 aromatic heterocycles. The van der Waals surface area contributed by atoms with E-state index in [0.717, 1.165) is 10.5 Å². The summed E-state index contributed by atoms with van der Waals surface area (Å²) in [7, 11) is 1.38. The molecular weight excluding hydrogens is 334 g/mol. The lowest BCUT2D eigenvalue weighted by Crippen LogP contribution is -2.29. The van der Waals surface area contributed by atoms with Crippen molar-refractivity contribution in [1.29, 1.82) is 0 Å². The van der Waals surface area contributed by atoms with Crippen LogP contribution in [-0.2, 0) is 16.1 Å². The van der Waals surface area contributed by atoms with E-state index >= 15 is 0 Å². The van der Waals surface area contributed by atoms with Crippen LogP contribution in [0.15, 0.2) is 59.9 Å². The number of rotatable bonds is 6. The summed E-state index contributed by atoms with van der Waals surface area (Å²) < 4.78 is 0. The van der Waals surface area contributed by atoms with E-state index in [4.69, 9.17) is 0 Å². The first-order valence-corrected chi connectivity index (χ1v) is 7.91. The lowest BCUT2D eigenvalue weighted by atomic mass is 10.2. The molecule has 0 bridgehead atoms. The van der Waals surface area contributed by atoms with Crippen LogP contribution in [-0.4, -0.2) is 35.2 Å². The molecule has 7 nitrogen and oxygen atoms in total. The van der Waals surface area contributed by atoms with Crippen LogP contribution in [0.1, 0.15) is 15.9 Å². The number of aldehydes is 1. The molecule has 2 aromatic rings. The predicted molar refractivity (Wildman–Crippen MR) is 95.2 cm³/mol. The molecule has 2 aromatic carbocycles. The van der Waals surface area contributed by atoms with Gasteiger partial charge in [-0.2, -0.15) is 0 Å². The van der Waals surface area contributed by atoms with Gasteiger partial charge in [0.1, 0.15) is 17.1 Å². The van der Waals surface area contributed by atoms with Crippen molar-refractivity contribution in [3.63, 3.8) is 0 Å². The van der Waals surface area contributed by atoms with Crippen LogP contribution in [0, 0.1) is 0 Å². The Labute approximate surface area is 149 Å². The third-order valence-electron chi connectivity index (χ3n) is 4.05. The van der Waals surface area contributed by atoms with Gasteiger partial charge in [0, 0.05) is 13.6 Å². The molecular formula is C19H17N3O4. The quantitative estimate of drug-likeness (QED) is 0.416. The molecule has 7 heteroatoms. The summed E-state index contributed by atoms with van der Waals surface area (Å²) in [6, 6.07) is 14.0. The molecule has 0 unspecified atom stereocenters. The van der Waals surface area contributed by atoms with Gasteiger partial charge < -0.3 is 15.7 Å². The van der Waals surface area contributed by atoms with Crippen molar-refractivity contribution in [2.24, 2.45) is 0 Å². The second-order valence-corrected chi connectivity index (χ2v) is 5.74. The molecule has 2 amide bonds. The molecule has 0 radical (unpaired) electrons. The number of nitrogens with zero attached hydrogens (tertiary/aromatic N) is 1. The van der Waals surface area contributed by atoms with Crippen molar-refractivity contribution in [2.75, 3.05) is 12.4 Å². The largest absolute Gasteiger partial charge is 0.505 e. The number of aromatic hydroxyl groups is 1. The first-order valence-electron chi connectivity index (χ1n) is 7.91. The molecule has 3 N–H and O–H groups in total. The molecule has 26 heavy (non-hydrogen) atoms. The zero-order valence-electron chi connectivity index (χ0n) is 14.0. The van der Waals surface area contributed by atoms with Gasteiger partial charge in [-0.25, -0.2) is 0 Å². The number of nitrogens with one attached hydrogen (secondary N) is 2. The van der Waals surface area contributed by atoms with E-state index in [9.17, 15) is 19.5 Å². The second-order valence-electron chi connectivity index (χ2n) is 5.74. The van der Waals surface area contributed by atoms with E-state index in [1.165, 1.54) is 19.2 Å². The minimum Gasteiger partial charge on any atom is -0.505 e. The highest BCUT2D eigenvalue weighted by Gasteiger charge is 2.36. The monoisotopic (exact) mass is 351 g/mol. The zero-order chi connectivity index (χ0) is 18.7. The number of amides is 2. The maximum absolute atomic E-state index is 12.4. The van der Waals surface area contributed by atoms with Gasteiger partial charge in [-0.1, -0.05) is 36.4 Å². The Morgan fingerprint density at radius 3 is 2.38 bits per heavy atom. The average Bonchev–Trinajstić information content (AvgIpc) is 2.86. The van der Waals surface area contributed by atoms with Crippen LogP contribution in [0.3, 0.4) is 0 Å². The summed E-state index contributed by atoms with van der Waals surface area (Å²) in [5, 5.41) is 15.9. The number of anilines is 1. The van der Waals surface area contributed by atoms with Crippen molar-refractivity contribution in [3.05, 3.63) is 71.1 Å². The SMILES string of the molecule is CN1C(=O)C(NCc2ccccc2)=C(Nc2cccc(C=O)c2O)C1=O. The zero-order valence-corrected chi connectivity index (χ0v) is 14.0. The summed E-state index contributed by atoms with van der Waals surface area (Å²) in [4.78, 5) is 36.7. The van der Waals surface area contributed by atoms with Crippen molar-refractivity contribution >= 4 is 23.8 Å². The first kappa shape index (κ1) is 17.2. The fourth-order valence-corrected chi connectivity index (χ4v) is 2.60. The predicted octanol–water partition coefficient (Wildman–Crippen LogP) is 1.62. The van der Waals surface area contributed by atoms with E-state index in [-0.39, 0.29) is 28.4 Å². The molecule has 1 heterocycles. The van der Waals surface area contributed by atoms with Gasteiger partial charge in [-0.05, 0) is 17.7 Å². The molecule has 0 saturated heterocycles. The van der Waals surface area contributed by atoms with Crippen molar-refractivity contribution in [3.8, 4) is 5.75 Å². The Hall–Kier alpha value is -3.61. The molecule has 3 rings (SSSR count). The van der Waals surface area contributed by atoms with Gasteiger partial charge in [-0.15, -0.1) is 0 Å². The summed E-state index contributed by atoms with van der Waals surface area (Å²) in [5.74, 6) is -1.28. The lowest BCUT2D eigenvalue weighted by molar-refractivity contribution is -0.136. The molecule has 132 valence electrons. The van der Waals surface area contributed by atoms with Gasteiger partial charge in [0.2, 0.25) is 0 Å². The van der Waals surface area contributed by atoms with Crippen LogP contribution < -0.4 is 10.6 Å². The van der Waals surface area contributed by atoms with Gasteiger partial charge in [0.25, 0.3) is 11.8 Å². The van der Waals surface area contributed by atoms with Crippen LogP contribution in [0.5, 0.6) is 5.75 Å². The van der Waals surface area contributed by atoms with Crippen molar-refractivity contribution in [1.82, 2.24) is 10.2 Å². The smallest absolute Gasteiger partial charge is 0.279 e. The Morgan fingerprint density at radius 2 is 1.69 bits per heavy atom. The van der Waals surface area contributed by atoms with E-state index in [2.05, 4.69) is 10.6 Å². The number of phenolic OH excluding ortho intramolecular Hbond substituents is 1. The molecule has 1 aliphatic heterocycles. The standard InChI is InChI=1S/C19H17N3O4/c1-22-18(25)15(20-10-12-6-3-2-4-7-12)16(19(22)26)21-14-9-5-8-13(11-23)17(14)24/h2-9,11,20-21,24H,10H2,1H3. The maximum atomic E-state index is 12.4. The number of benzene rings is 2. The number of para-hydroxylation sites is 1. The molecule has 0 saturated carbocycles. The highest BCUT2D eigenvalue weighted by atomic mass is 16.3. The van der Waals surface area contributed by atoms with Crippen LogP contribution >= 0.6 is 0 Å². The fraction of sp³-hybridized carbons (Fsp3) is 0.105. The Bertz CT molecular complexity index is 906. The van der Waals surface area contributed by atoms with Gasteiger partial charge in [-0.3, -0.25) is 19.3 Å². The fourth-order valence-electron chi connectivity index (χ4n) is 2.60. The Morgan fingerprint density at radius 1 is 1.00 bits per heavy atom. The highest BCUT2D eigenvalue weighted by Crippen LogP contribution is 2.29. The van der Waals surface area contributed by atoms with Gasteiger partial charge in [0.05, 0.1) is 11.3 Å². The van der Waals surface area contributed by atoms with Crippen LogP contribution in [0.4, 0.5) is 5.69 Å². The number of phenols is 1. The van der Waals surface area contributed by atoms with E-state index in [1.807, 2.05) is 30.3 Å². The molecule has 0 aliphatic carbocycles. The van der Waals surface area contributed by atoms with E-state index < -0.39 is 11.8 Å². The van der Waals surface area contributed by atoms with Gasteiger partial charge in [0.15, 0.2) is 6.29 Å².